The summed E-state index contributed by atoms with van der Waals surface area (Å²) in [4.78, 5) is 21.7. The number of hydrogen-bond acceptors (Lipinski definition) is 5. The van der Waals surface area contributed by atoms with E-state index in [2.05, 4.69) is 15.3 Å². The van der Waals surface area contributed by atoms with Crippen LogP contribution in [0.2, 0.25) is 0 Å². The molecule has 9 heteroatoms. The molecule has 30 heavy (non-hydrogen) atoms. The first-order valence-corrected chi connectivity index (χ1v) is 11.3. The number of nitrogens with zero attached hydrogens (tertiary/aromatic N) is 4. The fourth-order valence-electron chi connectivity index (χ4n) is 3.70. The van der Waals surface area contributed by atoms with E-state index < -0.39 is 10.0 Å². The molecular weight excluding hydrogens is 402 g/mol. The molecule has 2 aromatic heterocycles. The smallest absolute Gasteiger partial charge is 0.272 e. The van der Waals surface area contributed by atoms with Gasteiger partial charge in [0.2, 0.25) is 10.0 Å². The maximum Gasteiger partial charge on any atom is 0.272 e. The van der Waals surface area contributed by atoms with Crippen molar-refractivity contribution in [3.63, 3.8) is 0 Å². The van der Waals surface area contributed by atoms with Gasteiger partial charge in [0.25, 0.3) is 5.91 Å². The molecule has 0 unspecified atom stereocenters. The number of aromatic nitrogens is 3. The van der Waals surface area contributed by atoms with Crippen LogP contribution in [0.15, 0.2) is 59.9 Å². The summed E-state index contributed by atoms with van der Waals surface area (Å²) >= 11 is 0. The van der Waals surface area contributed by atoms with Gasteiger partial charge in [0.05, 0.1) is 30.2 Å². The van der Waals surface area contributed by atoms with Gasteiger partial charge in [0, 0.05) is 12.7 Å². The van der Waals surface area contributed by atoms with Gasteiger partial charge in [-0.25, -0.2) is 13.4 Å². The molecule has 5 rings (SSSR count). The molecule has 3 aromatic rings. The van der Waals surface area contributed by atoms with E-state index >= 15 is 0 Å². The van der Waals surface area contributed by atoms with Crippen molar-refractivity contribution in [3.05, 3.63) is 72.1 Å². The van der Waals surface area contributed by atoms with E-state index in [-0.39, 0.29) is 29.6 Å². The molecule has 154 valence electrons. The lowest BCUT2D eigenvalue weighted by Crippen LogP contribution is -2.33. The summed E-state index contributed by atoms with van der Waals surface area (Å²) in [7, 11) is -3.67. The van der Waals surface area contributed by atoms with Crippen LogP contribution >= 0.6 is 0 Å². The summed E-state index contributed by atoms with van der Waals surface area (Å²) in [5, 5.41) is 2.84. The number of sulfonamides is 1. The van der Waals surface area contributed by atoms with Crippen molar-refractivity contribution >= 4 is 15.9 Å². The van der Waals surface area contributed by atoms with Gasteiger partial charge in [-0.05, 0) is 43.0 Å². The summed E-state index contributed by atoms with van der Waals surface area (Å²) < 4.78 is 29.9. The van der Waals surface area contributed by atoms with Crippen LogP contribution in [0.4, 0.5) is 0 Å². The Labute approximate surface area is 174 Å². The molecule has 1 aliphatic heterocycles. The molecule has 0 saturated heterocycles. The van der Waals surface area contributed by atoms with Gasteiger partial charge in [-0.15, -0.1) is 0 Å². The third-order valence-corrected chi connectivity index (χ3v) is 7.32. The maximum absolute atomic E-state index is 13.3. The van der Waals surface area contributed by atoms with Crippen LogP contribution in [0.1, 0.15) is 34.7 Å². The van der Waals surface area contributed by atoms with E-state index in [4.69, 9.17) is 0 Å². The van der Waals surface area contributed by atoms with E-state index in [0.29, 0.717) is 23.8 Å². The Kier molecular flexibility index (Phi) is 4.63. The fraction of sp³-hybridized carbons (Fsp3) is 0.286. The average molecular weight is 423 g/mol. The van der Waals surface area contributed by atoms with E-state index in [1.165, 1.54) is 10.6 Å². The number of benzene rings is 1. The molecule has 0 bridgehead atoms. The SMILES string of the molecule is O=C(NCc1ccccn1)c1ncn2c1CN(CC1CC1)S(=O)(=O)c1ccccc1-2. The number of carbonyl (C=O) groups excluding carboxylic acids is 1. The van der Waals surface area contributed by atoms with Crippen LogP contribution in [-0.4, -0.2) is 39.7 Å². The highest BCUT2D eigenvalue weighted by Crippen LogP contribution is 2.36. The molecule has 8 nitrogen and oxygen atoms in total. The molecule has 1 amide bonds. The van der Waals surface area contributed by atoms with Crippen LogP contribution in [0.25, 0.3) is 5.69 Å². The number of amides is 1. The van der Waals surface area contributed by atoms with Crippen molar-refractivity contribution in [2.75, 3.05) is 6.54 Å². The number of rotatable bonds is 5. The lowest BCUT2D eigenvalue weighted by Gasteiger charge is -2.20. The molecule has 1 fully saturated rings. The monoisotopic (exact) mass is 423 g/mol. The minimum atomic E-state index is -3.67. The zero-order chi connectivity index (χ0) is 20.7. The summed E-state index contributed by atoms with van der Waals surface area (Å²) in [6.45, 7) is 0.837. The van der Waals surface area contributed by atoms with E-state index in [1.54, 1.807) is 35.0 Å². The van der Waals surface area contributed by atoms with Crippen molar-refractivity contribution in [1.29, 1.82) is 0 Å². The van der Waals surface area contributed by atoms with Gasteiger partial charge < -0.3 is 5.32 Å². The van der Waals surface area contributed by atoms with E-state index in [1.807, 2.05) is 18.2 Å². The number of carbonyl (C=O) groups is 1. The summed E-state index contributed by atoms with van der Waals surface area (Å²) in [6.07, 6.45) is 5.26. The highest BCUT2D eigenvalue weighted by atomic mass is 32.2. The van der Waals surface area contributed by atoms with Crippen LogP contribution in [0.3, 0.4) is 0 Å². The van der Waals surface area contributed by atoms with Crippen molar-refractivity contribution in [2.24, 2.45) is 5.92 Å². The Morgan fingerprint density at radius 1 is 1.10 bits per heavy atom. The highest BCUT2D eigenvalue weighted by molar-refractivity contribution is 7.89. The standard InChI is InChI=1S/C21H21N5O3S/c27-21(23-11-16-5-3-4-10-22-16)20-18-13-25(12-15-8-9-15)30(28,29)19-7-2-1-6-17(19)26(18)14-24-20/h1-7,10,14-15H,8-9,11-13H2,(H,23,27). The minimum absolute atomic E-state index is 0.111. The number of hydrogen-bond donors (Lipinski definition) is 1. The van der Waals surface area contributed by atoms with Gasteiger partial charge in [0.1, 0.15) is 11.2 Å². The third kappa shape index (κ3) is 3.40. The first kappa shape index (κ1) is 19.0. The molecule has 0 atom stereocenters. The Balaban J connectivity index is 1.52. The molecule has 1 N–H and O–H groups in total. The van der Waals surface area contributed by atoms with E-state index in [9.17, 15) is 13.2 Å². The molecule has 1 saturated carbocycles. The van der Waals surface area contributed by atoms with Crippen molar-refractivity contribution in [1.82, 2.24) is 24.2 Å². The lowest BCUT2D eigenvalue weighted by molar-refractivity contribution is 0.0944. The van der Waals surface area contributed by atoms with Gasteiger partial charge in [-0.1, -0.05) is 18.2 Å². The van der Waals surface area contributed by atoms with Crippen molar-refractivity contribution in [2.45, 2.75) is 30.8 Å². The number of para-hydroxylation sites is 1. The Bertz CT molecular complexity index is 1200. The summed E-state index contributed by atoms with van der Waals surface area (Å²) in [5.74, 6) is 0.0281. The Morgan fingerprint density at radius 3 is 2.67 bits per heavy atom. The molecule has 2 aliphatic rings. The molecule has 1 aliphatic carbocycles. The molecule has 0 radical (unpaired) electrons. The Morgan fingerprint density at radius 2 is 1.90 bits per heavy atom. The second kappa shape index (κ2) is 7.33. The normalized spacial score (nSPS) is 17.6. The van der Waals surface area contributed by atoms with Crippen molar-refractivity contribution < 1.29 is 13.2 Å². The molecule has 0 spiro atoms. The van der Waals surface area contributed by atoms with Crippen LogP contribution < -0.4 is 5.32 Å². The van der Waals surface area contributed by atoms with Gasteiger partial charge in [0.15, 0.2) is 5.69 Å². The first-order valence-electron chi connectivity index (χ1n) is 9.88. The summed E-state index contributed by atoms with van der Waals surface area (Å²) in [6, 6.07) is 12.4. The fourth-order valence-corrected chi connectivity index (χ4v) is 5.35. The van der Waals surface area contributed by atoms with Gasteiger partial charge in [-0.2, -0.15) is 4.31 Å². The van der Waals surface area contributed by atoms with Crippen molar-refractivity contribution in [3.8, 4) is 5.69 Å². The highest BCUT2D eigenvalue weighted by Gasteiger charge is 2.37. The quantitative estimate of drug-likeness (QED) is 0.678. The molecule has 1 aromatic carbocycles. The van der Waals surface area contributed by atoms with Crippen LogP contribution in [-0.2, 0) is 23.1 Å². The predicted molar refractivity (Wildman–Crippen MR) is 109 cm³/mol. The molecular formula is C21H21N5O3S. The largest absolute Gasteiger partial charge is 0.345 e. The van der Waals surface area contributed by atoms with Gasteiger partial charge in [-0.3, -0.25) is 14.3 Å². The topological polar surface area (TPSA) is 97.2 Å². The van der Waals surface area contributed by atoms with Crippen LogP contribution in [0.5, 0.6) is 0 Å². The first-order chi connectivity index (χ1) is 14.5. The molecule has 3 heterocycles. The number of nitrogens with one attached hydrogen (secondary N) is 1. The second-order valence-electron chi connectivity index (χ2n) is 7.62. The average Bonchev–Trinajstić information content (AvgIpc) is 3.50. The van der Waals surface area contributed by atoms with Crippen LogP contribution in [0, 0.1) is 5.92 Å². The maximum atomic E-state index is 13.3. The number of imidazole rings is 1. The zero-order valence-electron chi connectivity index (χ0n) is 16.2. The lowest BCUT2D eigenvalue weighted by atomic mass is 10.2. The third-order valence-electron chi connectivity index (χ3n) is 5.47. The second-order valence-corrected chi connectivity index (χ2v) is 9.53. The number of pyridine rings is 1. The minimum Gasteiger partial charge on any atom is -0.345 e. The summed E-state index contributed by atoms with van der Waals surface area (Å²) in [5.41, 5.74) is 2.06. The van der Waals surface area contributed by atoms with E-state index in [0.717, 1.165) is 18.5 Å². The Hall–Kier alpha value is -3.04. The van der Waals surface area contributed by atoms with Gasteiger partial charge >= 0.3 is 0 Å². The predicted octanol–water partition coefficient (Wildman–Crippen LogP) is 2.11. The number of fused-ring (bicyclic) bond motifs is 3. The zero-order valence-corrected chi connectivity index (χ0v) is 17.0.